The molecule has 146 valence electrons. The predicted octanol–water partition coefficient (Wildman–Crippen LogP) is 5.32. The minimum Gasteiger partial charge on any atom is -0.267 e. The van der Waals surface area contributed by atoms with Crippen molar-refractivity contribution in [3.63, 3.8) is 0 Å². The molecule has 0 unspecified atom stereocenters. The first kappa shape index (κ1) is 19.4. The normalized spacial score (nSPS) is 11.5. The van der Waals surface area contributed by atoms with Crippen LogP contribution in [-0.4, -0.2) is 24.5 Å². The average Bonchev–Trinajstić information content (AvgIpc) is 3.12. The van der Waals surface area contributed by atoms with E-state index in [0.29, 0.717) is 11.6 Å². The molecule has 3 aromatic carbocycles. The van der Waals surface area contributed by atoms with Gasteiger partial charge in [-0.05, 0) is 35.4 Å². The fraction of sp³-hybridized carbons (Fsp3) is 0.0870. The molecule has 0 N–H and O–H groups in total. The van der Waals surface area contributed by atoms with Crippen LogP contribution in [0.25, 0.3) is 22.4 Å². The highest BCUT2D eigenvalue weighted by molar-refractivity contribution is 7.90. The van der Waals surface area contributed by atoms with Gasteiger partial charge in [0.2, 0.25) is 0 Å². The van der Waals surface area contributed by atoms with Gasteiger partial charge in [0.25, 0.3) is 0 Å². The molecule has 1 aromatic heterocycles. The van der Waals surface area contributed by atoms with Crippen molar-refractivity contribution in [1.82, 2.24) is 9.78 Å². The van der Waals surface area contributed by atoms with Crippen LogP contribution in [0.15, 0.2) is 90.0 Å². The lowest BCUT2D eigenvalue weighted by atomic mass is 10.0. The lowest BCUT2D eigenvalue weighted by Gasteiger charge is -2.04. The fourth-order valence-corrected chi connectivity index (χ4v) is 3.94. The lowest BCUT2D eigenvalue weighted by Crippen LogP contribution is -2.00. The van der Waals surface area contributed by atoms with E-state index >= 15 is 0 Å². The SMILES string of the molecule is CS(=O)(=O)c1ccc(-c2nn(Cc3ccccc3)cc2-c2ccc(Cl)cc2)cc1. The third-order valence-corrected chi connectivity index (χ3v) is 6.04. The van der Waals surface area contributed by atoms with Gasteiger partial charge in [0.05, 0.1) is 11.4 Å². The molecule has 0 saturated heterocycles. The Balaban J connectivity index is 1.79. The van der Waals surface area contributed by atoms with Gasteiger partial charge in [0, 0.05) is 28.6 Å². The number of hydrogen-bond donors (Lipinski definition) is 0. The molecule has 0 bridgehead atoms. The van der Waals surface area contributed by atoms with Crippen LogP contribution >= 0.6 is 11.6 Å². The van der Waals surface area contributed by atoms with Crippen LogP contribution in [0.1, 0.15) is 5.56 Å². The molecule has 6 heteroatoms. The maximum Gasteiger partial charge on any atom is 0.175 e. The summed E-state index contributed by atoms with van der Waals surface area (Å²) in [7, 11) is -3.24. The maximum atomic E-state index is 11.8. The molecule has 0 amide bonds. The molecule has 0 aliphatic carbocycles. The Morgan fingerprint density at radius 1 is 0.862 bits per heavy atom. The van der Waals surface area contributed by atoms with E-state index in [2.05, 4.69) is 12.1 Å². The Labute approximate surface area is 175 Å². The monoisotopic (exact) mass is 422 g/mol. The van der Waals surface area contributed by atoms with Crippen LogP contribution in [0.4, 0.5) is 0 Å². The van der Waals surface area contributed by atoms with Gasteiger partial charge >= 0.3 is 0 Å². The average molecular weight is 423 g/mol. The molecule has 0 saturated carbocycles. The van der Waals surface area contributed by atoms with E-state index in [0.717, 1.165) is 27.9 Å². The molecule has 0 fully saturated rings. The number of nitrogens with zero attached hydrogens (tertiary/aromatic N) is 2. The second-order valence-electron chi connectivity index (χ2n) is 6.88. The van der Waals surface area contributed by atoms with Crippen molar-refractivity contribution in [3.8, 4) is 22.4 Å². The van der Waals surface area contributed by atoms with Gasteiger partial charge in [-0.2, -0.15) is 5.10 Å². The van der Waals surface area contributed by atoms with E-state index in [4.69, 9.17) is 16.7 Å². The Hall–Kier alpha value is -2.89. The van der Waals surface area contributed by atoms with E-state index < -0.39 is 9.84 Å². The summed E-state index contributed by atoms with van der Waals surface area (Å²) in [5.41, 5.74) is 4.76. The molecular weight excluding hydrogens is 404 g/mol. The zero-order valence-corrected chi connectivity index (χ0v) is 17.4. The quantitative estimate of drug-likeness (QED) is 0.437. The summed E-state index contributed by atoms with van der Waals surface area (Å²) < 4.78 is 25.5. The Kier molecular flexibility index (Phi) is 5.26. The Morgan fingerprint density at radius 2 is 1.48 bits per heavy atom. The molecule has 4 nitrogen and oxygen atoms in total. The van der Waals surface area contributed by atoms with E-state index in [1.54, 1.807) is 24.3 Å². The topological polar surface area (TPSA) is 52.0 Å². The highest BCUT2D eigenvalue weighted by atomic mass is 35.5. The van der Waals surface area contributed by atoms with Crippen LogP contribution in [0.2, 0.25) is 5.02 Å². The standard InChI is InChI=1S/C23H19ClN2O2S/c1-29(27,28)21-13-9-19(10-14-21)23-22(18-7-11-20(24)12-8-18)16-26(25-23)15-17-5-3-2-4-6-17/h2-14,16H,15H2,1H3. The molecule has 0 spiro atoms. The first-order valence-electron chi connectivity index (χ1n) is 9.08. The summed E-state index contributed by atoms with van der Waals surface area (Å²) in [6.45, 7) is 0.642. The third-order valence-electron chi connectivity index (χ3n) is 4.66. The van der Waals surface area contributed by atoms with E-state index in [1.165, 1.54) is 6.26 Å². The smallest absolute Gasteiger partial charge is 0.175 e. The molecule has 29 heavy (non-hydrogen) atoms. The summed E-state index contributed by atoms with van der Waals surface area (Å²) in [6.07, 6.45) is 3.21. The van der Waals surface area contributed by atoms with Crippen molar-refractivity contribution < 1.29 is 8.42 Å². The minimum atomic E-state index is -3.24. The van der Waals surface area contributed by atoms with E-state index in [-0.39, 0.29) is 4.90 Å². The maximum absolute atomic E-state index is 11.8. The van der Waals surface area contributed by atoms with Gasteiger partial charge in [-0.1, -0.05) is 66.2 Å². The summed E-state index contributed by atoms with van der Waals surface area (Å²) in [5, 5.41) is 5.47. The Bertz CT molecular complexity index is 1230. The zero-order valence-electron chi connectivity index (χ0n) is 15.8. The van der Waals surface area contributed by atoms with Crippen LogP contribution in [-0.2, 0) is 16.4 Å². The highest BCUT2D eigenvalue weighted by Crippen LogP contribution is 2.32. The van der Waals surface area contributed by atoms with Gasteiger partial charge in [0.1, 0.15) is 5.69 Å². The molecule has 4 rings (SSSR count). The molecule has 0 aliphatic rings. The molecule has 1 heterocycles. The van der Waals surface area contributed by atoms with Gasteiger partial charge in [0.15, 0.2) is 9.84 Å². The molecule has 0 atom stereocenters. The van der Waals surface area contributed by atoms with Crippen LogP contribution < -0.4 is 0 Å². The van der Waals surface area contributed by atoms with Crippen molar-refractivity contribution in [1.29, 1.82) is 0 Å². The number of benzene rings is 3. The van der Waals surface area contributed by atoms with Crippen LogP contribution in [0.3, 0.4) is 0 Å². The van der Waals surface area contributed by atoms with Crippen LogP contribution in [0, 0.1) is 0 Å². The summed E-state index contributed by atoms with van der Waals surface area (Å²) >= 11 is 6.05. The van der Waals surface area contributed by atoms with Crippen molar-refractivity contribution >= 4 is 21.4 Å². The number of halogens is 1. The lowest BCUT2D eigenvalue weighted by molar-refractivity contribution is 0.602. The van der Waals surface area contributed by atoms with Gasteiger partial charge < -0.3 is 0 Å². The zero-order chi connectivity index (χ0) is 20.4. The van der Waals surface area contributed by atoms with E-state index in [1.807, 2.05) is 53.3 Å². The number of aromatic nitrogens is 2. The van der Waals surface area contributed by atoms with Crippen molar-refractivity contribution in [2.45, 2.75) is 11.4 Å². The molecular formula is C23H19ClN2O2S. The molecule has 0 radical (unpaired) electrons. The molecule has 4 aromatic rings. The van der Waals surface area contributed by atoms with Crippen molar-refractivity contribution in [2.75, 3.05) is 6.26 Å². The summed E-state index contributed by atoms with van der Waals surface area (Å²) in [6, 6.07) is 24.6. The van der Waals surface area contributed by atoms with Gasteiger partial charge in [-0.25, -0.2) is 8.42 Å². The third kappa shape index (κ3) is 4.42. The Morgan fingerprint density at radius 3 is 2.10 bits per heavy atom. The molecule has 0 aliphatic heterocycles. The second-order valence-corrected chi connectivity index (χ2v) is 9.33. The number of rotatable bonds is 5. The summed E-state index contributed by atoms with van der Waals surface area (Å²) in [4.78, 5) is 0.290. The van der Waals surface area contributed by atoms with Gasteiger partial charge in [-0.3, -0.25) is 4.68 Å². The van der Waals surface area contributed by atoms with Crippen LogP contribution in [0.5, 0.6) is 0 Å². The predicted molar refractivity (Wildman–Crippen MR) is 117 cm³/mol. The van der Waals surface area contributed by atoms with E-state index in [9.17, 15) is 8.42 Å². The summed E-state index contributed by atoms with van der Waals surface area (Å²) in [5.74, 6) is 0. The highest BCUT2D eigenvalue weighted by Gasteiger charge is 2.15. The first-order chi connectivity index (χ1) is 13.9. The second kappa shape index (κ2) is 7.85. The largest absolute Gasteiger partial charge is 0.267 e. The minimum absolute atomic E-state index is 0.290. The van der Waals surface area contributed by atoms with Crippen molar-refractivity contribution in [3.05, 3.63) is 95.6 Å². The number of hydrogen-bond acceptors (Lipinski definition) is 3. The van der Waals surface area contributed by atoms with Gasteiger partial charge in [-0.15, -0.1) is 0 Å². The fourth-order valence-electron chi connectivity index (χ4n) is 3.19. The number of sulfone groups is 1. The first-order valence-corrected chi connectivity index (χ1v) is 11.3. The van der Waals surface area contributed by atoms with Crippen molar-refractivity contribution in [2.24, 2.45) is 0 Å².